The minimum Gasteiger partial charge on any atom is -0.480 e. The number of carboxylic acid groups (broad SMARTS) is 1. The molecule has 0 spiro atoms. The summed E-state index contributed by atoms with van der Waals surface area (Å²) in [5.41, 5.74) is 0.805. The molecule has 140 valence electrons. The van der Waals surface area contributed by atoms with E-state index >= 15 is 0 Å². The van der Waals surface area contributed by atoms with Crippen molar-refractivity contribution >= 4 is 21.9 Å². The van der Waals surface area contributed by atoms with E-state index < -0.39 is 34.0 Å². The number of carbonyl (C=O) groups is 2. The molecule has 9 nitrogen and oxygen atoms in total. The van der Waals surface area contributed by atoms with Crippen molar-refractivity contribution in [3.8, 4) is 0 Å². The summed E-state index contributed by atoms with van der Waals surface area (Å²) in [7, 11) is -2.31. The van der Waals surface area contributed by atoms with Crippen LogP contribution in [-0.4, -0.2) is 58.7 Å². The summed E-state index contributed by atoms with van der Waals surface area (Å²) >= 11 is 0. The first-order chi connectivity index (χ1) is 11.6. The molecular formula is C15H24N4O5S. The van der Waals surface area contributed by atoms with Gasteiger partial charge in [0.25, 0.3) is 0 Å². The van der Waals surface area contributed by atoms with Crippen LogP contribution >= 0.6 is 0 Å². The molecule has 1 aromatic rings. The van der Waals surface area contributed by atoms with Crippen molar-refractivity contribution in [2.24, 2.45) is 7.05 Å². The molecule has 1 amide bonds. The van der Waals surface area contributed by atoms with Crippen LogP contribution in [0.4, 0.5) is 0 Å². The van der Waals surface area contributed by atoms with Gasteiger partial charge in [0.15, 0.2) is 0 Å². The number of aryl methyl sites for hydroxylation is 2. The molecule has 25 heavy (non-hydrogen) atoms. The van der Waals surface area contributed by atoms with Crippen LogP contribution in [0.25, 0.3) is 0 Å². The number of hydrogen-bond acceptors (Lipinski definition) is 5. The van der Waals surface area contributed by atoms with E-state index in [0.29, 0.717) is 30.8 Å². The third kappa shape index (κ3) is 3.84. The summed E-state index contributed by atoms with van der Waals surface area (Å²) < 4.78 is 29.1. The van der Waals surface area contributed by atoms with Crippen molar-refractivity contribution in [2.45, 2.75) is 57.0 Å². The Balaban J connectivity index is 2.21. The van der Waals surface area contributed by atoms with E-state index in [1.54, 1.807) is 20.9 Å². The lowest BCUT2D eigenvalue weighted by atomic mass is 10.0. The number of amides is 1. The predicted molar refractivity (Wildman–Crippen MR) is 89.5 cm³/mol. The second-order valence-corrected chi connectivity index (χ2v) is 8.00. The molecule has 1 saturated heterocycles. The third-order valence-corrected chi connectivity index (χ3v) is 6.28. The van der Waals surface area contributed by atoms with Crippen LogP contribution in [0.1, 0.15) is 37.6 Å². The fourth-order valence-electron chi connectivity index (χ4n) is 3.19. The SMILES string of the molecule is Cc1nn(C)c(C)c1S(=O)(=O)N[C@H](C)C(=O)N1CCCC[C@@H]1C(=O)O. The monoisotopic (exact) mass is 372 g/mol. The van der Waals surface area contributed by atoms with Crippen molar-refractivity contribution in [2.75, 3.05) is 6.54 Å². The van der Waals surface area contributed by atoms with Gasteiger partial charge >= 0.3 is 5.97 Å². The van der Waals surface area contributed by atoms with E-state index in [2.05, 4.69) is 9.82 Å². The van der Waals surface area contributed by atoms with Gasteiger partial charge in [-0.1, -0.05) is 0 Å². The Morgan fingerprint density at radius 1 is 1.32 bits per heavy atom. The maximum Gasteiger partial charge on any atom is 0.326 e. The highest BCUT2D eigenvalue weighted by molar-refractivity contribution is 7.89. The van der Waals surface area contributed by atoms with Gasteiger partial charge in [0.2, 0.25) is 15.9 Å². The van der Waals surface area contributed by atoms with Crippen molar-refractivity contribution in [3.63, 3.8) is 0 Å². The minimum absolute atomic E-state index is 0.0445. The van der Waals surface area contributed by atoms with Crippen LogP contribution < -0.4 is 4.72 Å². The number of hydrogen-bond donors (Lipinski definition) is 2. The zero-order chi connectivity index (χ0) is 18.9. The molecule has 10 heteroatoms. The van der Waals surface area contributed by atoms with E-state index in [9.17, 15) is 23.1 Å². The number of piperidine rings is 1. The lowest BCUT2D eigenvalue weighted by Gasteiger charge is -2.34. The molecule has 2 rings (SSSR count). The second-order valence-electron chi connectivity index (χ2n) is 6.35. The zero-order valence-corrected chi connectivity index (χ0v) is 15.6. The van der Waals surface area contributed by atoms with Crippen LogP contribution in [0.2, 0.25) is 0 Å². The number of aromatic nitrogens is 2. The van der Waals surface area contributed by atoms with Crippen LogP contribution in [-0.2, 0) is 26.7 Å². The van der Waals surface area contributed by atoms with Gasteiger partial charge in [0, 0.05) is 13.6 Å². The number of likely N-dealkylation sites (tertiary alicyclic amines) is 1. The summed E-state index contributed by atoms with van der Waals surface area (Å²) in [6.45, 7) is 4.95. The average molecular weight is 372 g/mol. The van der Waals surface area contributed by atoms with E-state index in [1.165, 1.54) is 16.5 Å². The second kappa shape index (κ2) is 7.12. The topological polar surface area (TPSA) is 122 Å². The standard InChI is InChI=1S/C15H24N4O5S/c1-9-13(11(3)18(4)16-9)25(23,24)17-10(2)14(20)19-8-6-5-7-12(19)15(21)22/h10,12,17H,5-8H2,1-4H3,(H,21,22)/t10-,12-/m1/s1. The fourth-order valence-corrected chi connectivity index (χ4v) is 4.82. The molecule has 2 heterocycles. The summed E-state index contributed by atoms with van der Waals surface area (Å²) in [6, 6.07) is -1.97. The van der Waals surface area contributed by atoms with E-state index in [1.807, 2.05) is 0 Å². The molecule has 0 aliphatic carbocycles. The number of carboxylic acids is 1. The predicted octanol–water partition coefficient (Wildman–Crippen LogP) is 0.169. The minimum atomic E-state index is -3.95. The number of sulfonamides is 1. The zero-order valence-electron chi connectivity index (χ0n) is 14.8. The van der Waals surface area contributed by atoms with Gasteiger partial charge in [-0.15, -0.1) is 0 Å². The molecule has 1 aliphatic rings. The molecular weight excluding hydrogens is 348 g/mol. The molecule has 1 aromatic heterocycles. The molecule has 0 unspecified atom stereocenters. The van der Waals surface area contributed by atoms with E-state index in [4.69, 9.17) is 0 Å². The quantitative estimate of drug-likeness (QED) is 0.760. The van der Waals surface area contributed by atoms with Gasteiger partial charge in [-0.25, -0.2) is 13.2 Å². The smallest absolute Gasteiger partial charge is 0.326 e. The highest BCUT2D eigenvalue weighted by Crippen LogP contribution is 2.21. The molecule has 2 atom stereocenters. The maximum absolute atomic E-state index is 12.6. The number of carbonyl (C=O) groups excluding carboxylic acids is 1. The van der Waals surface area contributed by atoms with Crippen molar-refractivity contribution in [1.29, 1.82) is 0 Å². The van der Waals surface area contributed by atoms with Crippen molar-refractivity contribution in [3.05, 3.63) is 11.4 Å². The van der Waals surface area contributed by atoms with Crippen molar-refractivity contribution < 1.29 is 23.1 Å². The van der Waals surface area contributed by atoms with Gasteiger partial charge in [-0.05, 0) is 40.0 Å². The van der Waals surface area contributed by atoms with Crippen LogP contribution in [0, 0.1) is 13.8 Å². The first-order valence-corrected chi connectivity index (χ1v) is 9.60. The first-order valence-electron chi connectivity index (χ1n) is 8.12. The Kier molecular flexibility index (Phi) is 5.52. The van der Waals surface area contributed by atoms with Gasteiger partial charge in [0.05, 0.1) is 17.4 Å². The molecule has 0 aromatic carbocycles. The first kappa shape index (κ1) is 19.4. The van der Waals surface area contributed by atoms with Gasteiger partial charge in [-0.2, -0.15) is 9.82 Å². The molecule has 2 N–H and O–H groups in total. The van der Waals surface area contributed by atoms with Gasteiger partial charge in [-0.3, -0.25) is 9.48 Å². The number of nitrogens with one attached hydrogen (secondary N) is 1. The Bertz CT molecular complexity index is 786. The molecule has 0 saturated carbocycles. The molecule has 1 aliphatic heterocycles. The summed E-state index contributed by atoms with van der Waals surface area (Å²) in [4.78, 5) is 25.3. The number of nitrogens with zero attached hydrogens (tertiary/aromatic N) is 3. The van der Waals surface area contributed by atoms with Crippen LogP contribution in [0.3, 0.4) is 0 Å². The largest absolute Gasteiger partial charge is 0.480 e. The molecule has 0 bridgehead atoms. The maximum atomic E-state index is 12.6. The highest BCUT2D eigenvalue weighted by Gasteiger charge is 2.36. The molecule has 1 fully saturated rings. The summed E-state index contributed by atoms with van der Waals surface area (Å²) in [5, 5.41) is 13.4. The van der Waals surface area contributed by atoms with Crippen LogP contribution in [0.15, 0.2) is 4.90 Å². The van der Waals surface area contributed by atoms with Crippen LogP contribution in [0.5, 0.6) is 0 Å². The third-order valence-electron chi connectivity index (χ3n) is 4.48. The Labute approximate surface area is 147 Å². The average Bonchev–Trinajstić information content (AvgIpc) is 2.79. The van der Waals surface area contributed by atoms with E-state index in [0.717, 1.165) is 6.42 Å². The Morgan fingerprint density at radius 3 is 2.48 bits per heavy atom. The fraction of sp³-hybridized carbons (Fsp3) is 0.667. The molecule has 0 radical (unpaired) electrons. The summed E-state index contributed by atoms with van der Waals surface area (Å²) in [5.74, 6) is -1.60. The van der Waals surface area contributed by atoms with Gasteiger partial charge < -0.3 is 10.0 Å². The lowest BCUT2D eigenvalue weighted by Crippen LogP contribution is -2.54. The normalized spacial score (nSPS) is 19.7. The number of aliphatic carboxylic acids is 1. The Hall–Kier alpha value is -1.94. The lowest BCUT2D eigenvalue weighted by molar-refractivity contribution is -0.152. The highest BCUT2D eigenvalue weighted by atomic mass is 32.2. The van der Waals surface area contributed by atoms with Crippen molar-refractivity contribution in [1.82, 2.24) is 19.4 Å². The Morgan fingerprint density at radius 2 is 1.96 bits per heavy atom. The van der Waals surface area contributed by atoms with E-state index in [-0.39, 0.29) is 4.90 Å². The van der Waals surface area contributed by atoms with Gasteiger partial charge in [0.1, 0.15) is 10.9 Å². The summed E-state index contributed by atoms with van der Waals surface area (Å²) in [6.07, 6.45) is 1.81. The number of rotatable bonds is 5.